The van der Waals surface area contributed by atoms with E-state index in [1.165, 1.54) is 75.5 Å². The lowest BCUT2D eigenvalue weighted by molar-refractivity contribution is 0.285. The molecule has 0 N–H and O–H groups in total. The predicted molar refractivity (Wildman–Crippen MR) is 136 cm³/mol. The Bertz CT molecular complexity index is 817. The van der Waals surface area contributed by atoms with E-state index in [-0.39, 0.29) is 11.4 Å². The second-order valence-corrected chi connectivity index (χ2v) is 8.84. The first-order chi connectivity index (χ1) is 16.2. The smallest absolute Gasteiger partial charge is 0.202 e. The fraction of sp³-hybridized carbons (Fsp3) is 0.552. The van der Waals surface area contributed by atoms with Gasteiger partial charge in [0.25, 0.3) is 0 Å². The minimum Gasteiger partial charge on any atom is -0.490 e. The van der Waals surface area contributed by atoms with Crippen LogP contribution in [0.3, 0.4) is 0 Å². The van der Waals surface area contributed by atoms with E-state index >= 15 is 0 Å². The molecule has 2 aromatic carbocycles. The third-order valence-electron chi connectivity index (χ3n) is 5.93. The first kappa shape index (κ1) is 27.0. The number of rotatable bonds is 17. The van der Waals surface area contributed by atoms with Crippen LogP contribution in [0.1, 0.15) is 102 Å². The molecule has 0 saturated carbocycles. The summed E-state index contributed by atoms with van der Waals surface area (Å²) < 4.78 is 34.2. The van der Waals surface area contributed by atoms with Gasteiger partial charge >= 0.3 is 0 Å². The Labute approximate surface area is 199 Å². The van der Waals surface area contributed by atoms with Gasteiger partial charge in [-0.1, -0.05) is 102 Å². The second kappa shape index (κ2) is 16.4. The lowest BCUT2D eigenvalue weighted by Gasteiger charge is -2.09. The predicted octanol–water partition coefficient (Wildman–Crippen LogP) is 9.36. The highest BCUT2D eigenvalue weighted by Crippen LogP contribution is 2.28. The van der Waals surface area contributed by atoms with Gasteiger partial charge in [-0.25, -0.2) is 4.39 Å². The topological polar surface area (TPSA) is 21.6 Å². The van der Waals surface area contributed by atoms with Gasteiger partial charge in [0.1, 0.15) is 5.69 Å². The van der Waals surface area contributed by atoms with Gasteiger partial charge in [-0.2, -0.15) is 4.39 Å². The Hall–Kier alpha value is -2.23. The van der Waals surface area contributed by atoms with E-state index in [0.29, 0.717) is 6.61 Å². The number of unbranched alkanes of at least 4 members (excludes halogenated alkanes) is 10. The van der Waals surface area contributed by atoms with E-state index in [4.69, 9.17) is 4.74 Å². The number of nitrogens with zero attached hydrogens (tertiary/aromatic N) is 1. The van der Waals surface area contributed by atoms with Crippen molar-refractivity contribution in [1.82, 2.24) is 0 Å². The van der Waals surface area contributed by atoms with E-state index in [1.54, 1.807) is 6.21 Å². The number of halogens is 2. The zero-order chi connectivity index (χ0) is 23.7. The quantitative estimate of drug-likeness (QED) is 0.171. The monoisotopic (exact) mass is 457 g/mol. The van der Waals surface area contributed by atoms with Crippen LogP contribution in [0.5, 0.6) is 5.75 Å². The van der Waals surface area contributed by atoms with E-state index in [9.17, 15) is 8.78 Å². The molecule has 0 heterocycles. The van der Waals surface area contributed by atoms with Crippen molar-refractivity contribution in [2.75, 3.05) is 6.61 Å². The van der Waals surface area contributed by atoms with Crippen LogP contribution in [0, 0.1) is 11.6 Å². The van der Waals surface area contributed by atoms with Crippen LogP contribution in [0.4, 0.5) is 14.5 Å². The van der Waals surface area contributed by atoms with Gasteiger partial charge in [-0.3, -0.25) is 4.99 Å². The zero-order valence-corrected chi connectivity index (χ0v) is 20.6. The molecule has 2 aromatic rings. The molecule has 0 fully saturated rings. The van der Waals surface area contributed by atoms with Crippen LogP contribution >= 0.6 is 0 Å². The van der Waals surface area contributed by atoms with Crippen molar-refractivity contribution in [3.05, 3.63) is 59.2 Å². The molecular formula is C29H41F2NO. The van der Waals surface area contributed by atoms with Crippen LogP contribution in [0.25, 0.3) is 0 Å². The maximum atomic E-state index is 14.4. The minimum atomic E-state index is -0.968. The minimum absolute atomic E-state index is 0.0180. The lowest BCUT2D eigenvalue weighted by atomic mass is 10.0. The van der Waals surface area contributed by atoms with Crippen molar-refractivity contribution >= 4 is 11.9 Å². The average Bonchev–Trinajstić information content (AvgIpc) is 2.83. The highest BCUT2D eigenvalue weighted by Gasteiger charge is 2.14. The molecule has 0 aliphatic carbocycles. The number of benzene rings is 2. The first-order valence-corrected chi connectivity index (χ1v) is 12.9. The molecule has 2 nitrogen and oxygen atoms in total. The van der Waals surface area contributed by atoms with Crippen molar-refractivity contribution in [3.8, 4) is 5.75 Å². The molecule has 0 aromatic heterocycles. The molecule has 33 heavy (non-hydrogen) atoms. The first-order valence-electron chi connectivity index (χ1n) is 12.9. The molecule has 0 unspecified atom stereocenters. The maximum absolute atomic E-state index is 14.4. The molecule has 4 heteroatoms. The molecule has 0 aliphatic rings. The Kier molecular flexibility index (Phi) is 13.4. The molecule has 2 rings (SSSR count). The maximum Gasteiger partial charge on any atom is 0.202 e. The number of aliphatic imine (C=N–C) groups is 1. The summed E-state index contributed by atoms with van der Waals surface area (Å²) in [5.74, 6) is -1.98. The number of ether oxygens (including phenoxy) is 1. The molecule has 0 saturated heterocycles. The van der Waals surface area contributed by atoms with Crippen molar-refractivity contribution in [2.24, 2.45) is 4.99 Å². The normalized spacial score (nSPS) is 11.4. The van der Waals surface area contributed by atoms with E-state index in [0.717, 1.165) is 31.2 Å². The van der Waals surface area contributed by atoms with Gasteiger partial charge in [-0.05, 0) is 42.5 Å². The summed E-state index contributed by atoms with van der Waals surface area (Å²) in [7, 11) is 0. The SMILES string of the molecule is CCCCCCCCOc1ccc(N=Cc2ccc(CCCCCCCC)cc2)c(F)c1F. The third-order valence-corrected chi connectivity index (χ3v) is 5.93. The van der Waals surface area contributed by atoms with Crippen LogP contribution in [0.2, 0.25) is 0 Å². The standard InChI is InChI=1S/C29H41F2NO/c1-3-5-7-9-11-13-15-24-16-18-25(19-17-24)23-32-26-20-21-27(29(31)28(26)30)33-22-14-12-10-8-6-4-2/h16-21,23H,3-15,22H2,1-2H3. The van der Waals surface area contributed by atoms with Gasteiger partial charge in [0.05, 0.1) is 6.61 Å². The highest BCUT2D eigenvalue weighted by atomic mass is 19.2. The molecule has 0 spiro atoms. The summed E-state index contributed by atoms with van der Waals surface area (Å²) in [5, 5.41) is 0. The number of aryl methyl sites for hydroxylation is 1. The molecule has 0 amide bonds. The number of hydrogen-bond acceptors (Lipinski definition) is 2. The number of hydrogen-bond donors (Lipinski definition) is 0. The van der Waals surface area contributed by atoms with E-state index in [2.05, 4.69) is 31.0 Å². The molecule has 182 valence electrons. The Morgan fingerprint density at radius 1 is 0.697 bits per heavy atom. The van der Waals surface area contributed by atoms with Crippen LogP contribution in [-0.4, -0.2) is 12.8 Å². The van der Waals surface area contributed by atoms with Crippen LogP contribution in [0.15, 0.2) is 41.4 Å². The summed E-state index contributed by atoms with van der Waals surface area (Å²) in [6.45, 7) is 4.81. The van der Waals surface area contributed by atoms with Gasteiger partial charge in [0.15, 0.2) is 11.6 Å². The van der Waals surface area contributed by atoms with Crippen LogP contribution < -0.4 is 4.74 Å². The highest BCUT2D eigenvalue weighted by molar-refractivity contribution is 5.82. The second-order valence-electron chi connectivity index (χ2n) is 8.84. The van der Waals surface area contributed by atoms with Crippen molar-refractivity contribution in [1.29, 1.82) is 0 Å². The fourth-order valence-corrected chi connectivity index (χ4v) is 3.82. The van der Waals surface area contributed by atoms with Crippen molar-refractivity contribution in [2.45, 2.75) is 97.3 Å². The Morgan fingerprint density at radius 2 is 1.30 bits per heavy atom. The summed E-state index contributed by atoms with van der Waals surface area (Å²) in [5.41, 5.74) is 2.15. The van der Waals surface area contributed by atoms with Crippen LogP contribution in [-0.2, 0) is 6.42 Å². The summed E-state index contributed by atoms with van der Waals surface area (Å²) >= 11 is 0. The van der Waals surface area contributed by atoms with Gasteiger partial charge < -0.3 is 4.74 Å². The summed E-state index contributed by atoms with van der Waals surface area (Å²) in [6.07, 6.45) is 17.1. The largest absolute Gasteiger partial charge is 0.490 e. The third kappa shape index (κ3) is 10.5. The van der Waals surface area contributed by atoms with Crippen molar-refractivity contribution in [3.63, 3.8) is 0 Å². The molecular weight excluding hydrogens is 416 g/mol. The molecule has 0 atom stereocenters. The summed E-state index contributed by atoms with van der Waals surface area (Å²) in [4.78, 5) is 4.15. The van der Waals surface area contributed by atoms with Gasteiger partial charge in [-0.15, -0.1) is 0 Å². The van der Waals surface area contributed by atoms with Crippen molar-refractivity contribution < 1.29 is 13.5 Å². The Balaban J connectivity index is 1.80. The Morgan fingerprint density at radius 3 is 1.97 bits per heavy atom. The van der Waals surface area contributed by atoms with E-state index in [1.807, 2.05) is 12.1 Å². The molecule has 0 aliphatic heterocycles. The average molecular weight is 458 g/mol. The van der Waals surface area contributed by atoms with E-state index < -0.39 is 11.6 Å². The molecule has 0 radical (unpaired) electrons. The zero-order valence-electron chi connectivity index (χ0n) is 20.6. The fourth-order valence-electron chi connectivity index (χ4n) is 3.82. The van der Waals surface area contributed by atoms with Gasteiger partial charge in [0, 0.05) is 6.21 Å². The lowest BCUT2D eigenvalue weighted by Crippen LogP contribution is -2.01. The summed E-state index contributed by atoms with van der Waals surface area (Å²) in [6, 6.07) is 11.1. The molecule has 0 bridgehead atoms. The van der Waals surface area contributed by atoms with Gasteiger partial charge in [0.2, 0.25) is 5.82 Å².